The van der Waals surface area contributed by atoms with Gasteiger partial charge in [-0.2, -0.15) is 0 Å². The van der Waals surface area contributed by atoms with Gasteiger partial charge >= 0.3 is 5.97 Å². The zero-order valence-electron chi connectivity index (χ0n) is 15.2. The fraction of sp³-hybridized carbons (Fsp3) is 0.286. The number of ether oxygens (including phenoxy) is 1. The van der Waals surface area contributed by atoms with E-state index in [-0.39, 0.29) is 18.9 Å². The summed E-state index contributed by atoms with van der Waals surface area (Å²) in [7, 11) is 0. The van der Waals surface area contributed by atoms with Gasteiger partial charge in [-0.1, -0.05) is 42.5 Å². The van der Waals surface area contributed by atoms with Gasteiger partial charge in [-0.05, 0) is 30.2 Å². The maximum Gasteiger partial charge on any atom is 0.311 e. The molecule has 1 atom stereocenters. The van der Waals surface area contributed by atoms with Crippen LogP contribution in [0.25, 0.3) is 0 Å². The Morgan fingerprint density at radius 1 is 1.15 bits per heavy atom. The summed E-state index contributed by atoms with van der Waals surface area (Å²) in [4.78, 5) is 38.0. The van der Waals surface area contributed by atoms with Gasteiger partial charge in [-0.25, -0.2) is 0 Å². The van der Waals surface area contributed by atoms with Crippen LogP contribution < -0.4 is 5.32 Å². The lowest BCUT2D eigenvalue weighted by atomic mass is 10.1. The van der Waals surface area contributed by atoms with Crippen LogP contribution in [0.15, 0.2) is 54.6 Å². The summed E-state index contributed by atoms with van der Waals surface area (Å²) < 4.78 is 5.11. The van der Waals surface area contributed by atoms with Crippen LogP contribution in [-0.4, -0.2) is 35.8 Å². The average molecular weight is 366 g/mol. The second-order valence-electron chi connectivity index (χ2n) is 6.69. The van der Waals surface area contributed by atoms with Crippen LogP contribution >= 0.6 is 0 Å². The molecule has 1 unspecified atom stereocenters. The molecule has 2 aromatic carbocycles. The van der Waals surface area contributed by atoms with Crippen LogP contribution in [0.3, 0.4) is 0 Å². The Labute approximate surface area is 158 Å². The maximum atomic E-state index is 12.2. The fourth-order valence-electron chi connectivity index (χ4n) is 3.06. The number of aryl methyl sites for hydroxylation is 1. The van der Waals surface area contributed by atoms with Gasteiger partial charge in [0.05, 0.1) is 5.92 Å². The highest BCUT2D eigenvalue weighted by Gasteiger charge is 2.35. The van der Waals surface area contributed by atoms with Crippen molar-refractivity contribution in [3.8, 4) is 0 Å². The van der Waals surface area contributed by atoms with Crippen molar-refractivity contribution in [2.75, 3.05) is 18.5 Å². The Morgan fingerprint density at radius 3 is 2.67 bits per heavy atom. The van der Waals surface area contributed by atoms with Gasteiger partial charge in [0.15, 0.2) is 6.61 Å². The summed E-state index contributed by atoms with van der Waals surface area (Å²) in [6, 6.07) is 17.0. The van der Waals surface area contributed by atoms with Gasteiger partial charge in [0.25, 0.3) is 5.91 Å². The number of nitrogens with zero attached hydrogens (tertiary/aromatic N) is 1. The SMILES string of the molecule is Cc1cccc(NC(=O)COC(=O)C2CC(=O)N(Cc3ccccc3)C2)c1. The summed E-state index contributed by atoms with van der Waals surface area (Å²) in [5.41, 5.74) is 2.69. The monoisotopic (exact) mass is 366 g/mol. The smallest absolute Gasteiger partial charge is 0.311 e. The summed E-state index contributed by atoms with van der Waals surface area (Å²) in [5, 5.41) is 2.69. The van der Waals surface area contributed by atoms with Crippen LogP contribution in [-0.2, 0) is 25.7 Å². The van der Waals surface area contributed by atoms with Crippen molar-refractivity contribution in [1.29, 1.82) is 0 Å². The summed E-state index contributed by atoms with van der Waals surface area (Å²) in [5.74, 6) is -1.53. The highest BCUT2D eigenvalue weighted by atomic mass is 16.5. The quantitative estimate of drug-likeness (QED) is 0.797. The molecule has 1 saturated heterocycles. The van der Waals surface area contributed by atoms with E-state index in [1.54, 1.807) is 11.0 Å². The third kappa shape index (κ3) is 5.17. The predicted octanol–water partition coefficient (Wildman–Crippen LogP) is 2.53. The molecule has 0 bridgehead atoms. The highest BCUT2D eigenvalue weighted by molar-refractivity contribution is 5.93. The van der Waals surface area contributed by atoms with Gasteiger partial charge in [0.1, 0.15) is 0 Å². The molecule has 2 amide bonds. The van der Waals surface area contributed by atoms with Crippen LogP contribution in [0.1, 0.15) is 17.5 Å². The van der Waals surface area contributed by atoms with E-state index in [0.717, 1.165) is 11.1 Å². The van der Waals surface area contributed by atoms with Crippen molar-refractivity contribution in [2.24, 2.45) is 5.92 Å². The van der Waals surface area contributed by atoms with Gasteiger partial charge in [0.2, 0.25) is 5.91 Å². The molecule has 1 aliphatic rings. The topological polar surface area (TPSA) is 75.7 Å². The van der Waals surface area contributed by atoms with E-state index in [4.69, 9.17) is 4.74 Å². The van der Waals surface area contributed by atoms with Crippen LogP contribution in [0, 0.1) is 12.8 Å². The first-order valence-electron chi connectivity index (χ1n) is 8.86. The summed E-state index contributed by atoms with van der Waals surface area (Å²) in [6.07, 6.45) is 0.116. The van der Waals surface area contributed by atoms with E-state index in [0.29, 0.717) is 18.8 Å². The van der Waals surface area contributed by atoms with Crippen molar-refractivity contribution in [2.45, 2.75) is 19.9 Å². The lowest BCUT2D eigenvalue weighted by Gasteiger charge is -2.16. The molecular weight excluding hydrogens is 344 g/mol. The van der Waals surface area contributed by atoms with E-state index in [1.165, 1.54) is 0 Å². The molecule has 140 valence electrons. The molecule has 0 aromatic heterocycles. The van der Waals surface area contributed by atoms with Crippen molar-refractivity contribution in [3.63, 3.8) is 0 Å². The van der Waals surface area contributed by atoms with E-state index in [9.17, 15) is 14.4 Å². The molecule has 1 N–H and O–H groups in total. The molecule has 0 saturated carbocycles. The van der Waals surface area contributed by atoms with E-state index >= 15 is 0 Å². The number of anilines is 1. The molecule has 0 radical (unpaired) electrons. The maximum absolute atomic E-state index is 12.2. The van der Waals surface area contributed by atoms with Crippen LogP contribution in [0.5, 0.6) is 0 Å². The summed E-state index contributed by atoms with van der Waals surface area (Å²) >= 11 is 0. The van der Waals surface area contributed by atoms with Crippen molar-refractivity contribution in [3.05, 3.63) is 65.7 Å². The Balaban J connectivity index is 1.47. The zero-order valence-corrected chi connectivity index (χ0v) is 15.2. The number of hydrogen-bond acceptors (Lipinski definition) is 4. The van der Waals surface area contributed by atoms with Gasteiger partial charge in [-0.15, -0.1) is 0 Å². The molecule has 0 spiro atoms. The minimum absolute atomic E-state index is 0.0787. The van der Waals surface area contributed by atoms with E-state index in [2.05, 4.69) is 5.32 Å². The first-order chi connectivity index (χ1) is 13.0. The molecule has 0 aliphatic carbocycles. The normalized spacial score (nSPS) is 16.3. The van der Waals surface area contributed by atoms with E-state index < -0.39 is 17.8 Å². The number of esters is 1. The minimum atomic E-state index is -0.534. The molecule has 2 aromatic rings. The van der Waals surface area contributed by atoms with Crippen molar-refractivity contribution >= 4 is 23.5 Å². The lowest BCUT2D eigenvalue weighted by Crippen LogP contribution is -2.28. The number of benzene rings is 2. The standard InChI is InChI=1S/C21H22N2O4/c1-15-6-5-9-18(10-15)22-19(24)14-27-21(26)17-11-20(25)23(13-17)12-16-7-3-2-4-8-16/h2-10,17H,11-14H2,1H3,(H,22,24). The van der Waals surface area contributed by atoms with Crippen LogP contribution in [0.4, 0.5) is 5.69 Å². The zero-order chi connectivity index (χ0) is 19.2. The number of amides is 2. The minimum Gasteiger partial charge on any atom is -0.455 e. The van der Waals surface area contributed by atoms with Crippen LogP contribution in [0.2, 0.25) is 0 Å². The Bertz CT molecular complexity index is 835. The number of carbonyl (C=O) groups excluding carboxylic acids is 3. The Kier molecular flexibility index (Phi) is 5.86. The van der Waals surface area contributed by atoms with Gasteiger partial charge < -0.3 is 15.0 Å². The molecule has 1 heterocycles. The molecule has 6 nitrogen and oxygen atoms in total. The second kappa shape index (κ2) is 8.49. The molecule has 3 rings (SSSR count). The fourth-order valence-corrected chi connectivity index (χ4v) is 3.06. The average Bonchev–Trinajstić information content (AvgIpc) is 3.01. The number of rotatable bonds is 6. The second-order valence-corrected chi connectivity index (χ2v) is 6.69. The third-order valence-corrected chi connectivity index (χ3v) is 4.41. The number of nitrogens with one attached hydrogen (secondary N) is 1. The predicted molar refractivity (Wildman–Crippen MR) is 101 cm³/mol. The molecule has 1 fully saturated rings. The Morgan fingerprint density at radius 2 is 1.93 bits per heavy atom. The van der Waals surface area contributed by atoms with E-state index in [1.807, 2.05) is 55.5 Å². The first-order valence-corrected chi connectivity index (χ1v) is 8.86. The lowest BCUT2D eigenvalue weighted by molar-refractivity contribution is -0.151. The number of likely N-dealkylation sites (tertiary alicyclic amines) is 1. The number of carbonyl (C=O) groups is 3. The molecule has 1 aliphatic heterocycles. The van der Waals surface area contributed by atoms with Gasteiger partial charge in [-0.3, -0.25) is 14.4 Å². The number of hydrogen-bond donors (Lipinski definition) is 1. The Hall–Kier alpha value is -3.15. The van der Waals surface area contributed by atoms with Crippen molar-refractivity contribution < 1.29 is 19.1 Å². The summed E-state index contributed by atoms with van der Waals surface area (Å²) in [6.45, 7) is 2.34. The molecular formula is C21H22N2O4. The highest BCUT2D eigenvalue weighted by Crippen LogP contribution is 2.21. The van der Waals surface area contributed by atoms with Gasteiger partial charge in [0, 0.05) is 25.2 Å². The molecule has 6 heteroatoms. The van der Waals surface area contributed by atoms with Crippen molar-refractivity contribution in [1.82, 2.24) is 4.90 Å². The first kappa shape index (κ1) is 18.6. The largest absolute Gasteiger partial charge is 0.455 e. The molecule has 27 heavy (non-hydrogen) atoms. The third-order valence-electron chi connectivity index (χ3n) is 4.41.